The van der Waals surface area contributed by atoms with Crippen LogP contribution in [0.2, 0.25) is 0 Å². The Morgan fingerprint density at radius 3 is 2.91 bits per heavy atom. The van der Waals surface area contributed by atoms with Crippen molar-refractivity contribution >= 4 is 21.4 Å². The molecule has 0 aliphatic carbocycles. The minimum atomic E-state index is -3.65. The lowest BCUT2D eigenvalue weighted by Gasteiger charge is -2.26. The van der Waals surface area contributed by atoms with Crippen molar-refractivity contribution in [2.45, 2.75) is 17.2 Å². The Morgan fingerprint density at radius 1 is 1.41 bits per heavy atom. The van der Waals surface area contributed by atoms with Crippen molar-refractivity contribution in [2.75, 3.05) is 13.7 Å². The Kier molecular flexibility index (Phi) is 3.79. The normalized spacial score (nSPS) is 15.5. The van der Waals surface area contributed by atoms with Crippen LogP contribution in [0.4, 0.5) is 0 Å². The summed E-state index contributed by atoms with van der Waals surface area (Å²) in [5.41, 5.74) is 0.999. The molecule has 0 unspecified atom stereocenters. The molecule has 0 saturated heterocycles. The van der Waals surface area contributed by atoms with Gasteiger partial charge in [0.15, 0.2) is 4.21 Å². The van der Waals surface area contributed by atoms with Gasteiger partial charge in [-0.25, -0.2) is 13.4 Å². The van der Waals surface area contributed by atoms with Crippen molar-refractivity contribution in [2.24, 2.45) is 7.05 Å². The first-order valence-electron chi connectivity index (χ1n) is 6.60. The molecular formula is C13H15N3O4S2. The predicted molar refractivity (Wildman–Crippen MR) is 81.6 cm³/mol. The topological polar surface area (TPSA) is 81.5 Å². The number of nitrogens with zero attached hydrogens (tertiary/aromatic N) is 3. The summed E-state index contributed by atoms with van der Waals surface area (Å²) in [4.78, 5) is 16.2. The molecular weight excluding hydrogens is 326 g/mol. The van der Waals surface area contributed by atoms with E-state index >= 15 is 0 Å². The summed E-state index contributed by atoms with van der Waals surface area (Å²) >= 11 is 1.12. The van der Waals surface area contributed by atoms with Crippen LogP contribution in [-0.4, -0.2) is 35.9 Å². The van der Waals surface area contributed by atoms with Crippen molar-refractivity contribution in [3.05, 3.63) is 39.4 Å². The largest absolute Gasteiger partial charge is 0.494 e. The Balaban J connectivity index is 1.98. The lowest BCUT2D eigenvalue weighted by Crippen LogP contribution is -2.39. The molecule has 0 spiro atoms. The number of ether oxygens (including phenoxy) is 1. The van der Waals surface area contributed by atoms with Crippen molar-refractivity contribution in [1.29, 1.82) is 0 Å². The van der Waals surface area contributed by atoms with Crippen LogP contribution in [0.5, 0.6) is 5.75 Å². The molecule has 9 heteroatoms. The summed E-state index contributed by atoms with van der Waals surface area (Å²) in [6.45, 7) is 0.367. The van der Waals surface area contributed by atoms with E-state index in [0.717, 1.165) is 11.3 Å². The molecule has 118 valence electrons. The van der Waals surface area contributed by atoms with Crippen LogP contribution in [0, 0.1) is 0 Å². The van der Waals surface area contributed by atoms with Gasteiger partial charge in [0.05, 0.1) is 25.7 Å². The van der Waals surface area contributed by atoms with E-state index in [9.17, 15) is 13.2 Å². The Labute approximate surface area is 131 Å². The van der Waals surface area contributed by atoms with E-state index in [1.54, 1.807) is 18.5 Å². The molecule has 22 heavy (non-hydrogen) atoms. The molecule has 0 aromatic carbocycles. The zero-order valence-electron chi connectivity index (χ0n) is 12.1. The third-order valence-electron chi connectivity index (χ3n) is 3.64. The van der Waals surface area contributed by atoms with Gasteiger partial charge in [-0.1, -0.05) is 0 Å². The molecule has 2 aromatic heterocycles. The molecule has 2 aromatic rings. The summed E-state index contributed by atoms with van der Waals surface area (Å²) < 4.78 is 33.5. The fraction of sp³-hybridized carbons (Fsp3) is 0.385. The van der Waals surface area contributed by atoms with Gasteiger partial charge < -0.3 is 9.30 Å². The third-order valence-corrected chi connectivity index (χ3v) is 6.91. The molecule has 0 saturated carbocycles. The van der Waals surface area contributed by atoms with E-state index in [-0.39, 0.29) is 22.9 Å². The maximum atomic E-state index is 12.7. The Morgan fingerprint density at radius 2 is 2.18 bits per heavy atom. The van der Waals surface area contributed by atoms with Crippen LogP contribution < -0.4 is 10.3 Å². The first kappa shape index (κ1) is 15.2. The first-order chi connectivity index (χ1) is 10.4. The number of fused-ring (bicyclic) bond motifs is 1. The fourth-order valence-corrected chi connectivity index (χ4v) is 5.25. The van der Waals surface area contributed by atoms with Crippen LogP contribution in [0.1, 0.15) is 11.3 Å². The van der Waals surface area contributed by atoms with Crippen LogP contribution in [0.3, 0.4) is 0 Å². The highest BCUT2D eigenvalue weighted by Crippen LogP contribution is 2.33. The maximum absolute atomic E-state index is 12.7. The van der Waals surface area contributed by atoms with Gasteiger partial charge in [0, 0.05) is 19.2 Å². The fourth-order valence-electron chi connectivity index (χ4n) is 2.44. The smallest absolute Gasteiger partial charge is 0.256 e. The molecule has 0 radical (unpaired) electrons. The monoisotopic (exact) mass is 341 g/mol. The molecule has 3 rings (SSSR count). The first-order valence-corrected chi connectivity index (χ1v) is 8.92. The van der Waals surface area contributed by atoms with E-state index in [1.165, 1.54) is 22.3 Å². The summed E-state index contributed by atoms with van der Waals surface area (Å²) in [7, 11) is -0.573. The highest BCUT2D eigenvalue weighted by Gasteiger charge is 2.33. The summed E-state index contributed by atoms with van der Waals surface area (Å²) in [5.74, 6) is 0.340. The SMILES string of the molecule is COc1ccsc1S(=O)(=O)N1CCc2c(ncn(C)c2=O)C1. The van der Waals surface area contributed by atoms with Crippen molar-refractivity contribution in [1.82, 2.24) is 13.9 Å². The molecule has 3 heterocycles. The zero-order chi connectivity index (χ0) is 15.9. The van der Waals surface area contributed by atoms with Crippen LogP contribution in [-0.2, 0) is 30.0 Å². The minimum Gasteiger partial charge on any atom is -0.494 e. The zero-order valence-corrected chi connectivity index (χ0v) is 13.8. The van der Waals surface area contributed by atoms with Gasteiger partial charge in [0.1, 0.15) is 5.75 Å². The van der Waals surface area contributed by atoms with E-state index < -0.39 is 10.0 Å². The van der Waals surface area contributed by atoms with Crippen molar-refractivity contribution in [3.8, 4) is 5.75 Å². The van der Waals surface area contributed by atoms with E-state index in [4.69, 9.17) is 4.74 Å². The van der Waals surface area contributed by atoms with Gasteiger partial charge in [-0.2, -0.15) is 4.31 Å². The molecule has 7 nitrogen and oxygen atoms in total. The minimum absolute atomic E-state index is 0.106. The highest BCUT2D eigenvalue weighted by molar-refractivity contribution is 7.91. The van der Waals surface area contributed by atoms with E-state index in [1.807, 2.05) is 0 Å². The van der Waals surface area contributed by atoms with Crippen LogP contribution in [0.25, 0.3) is 0 Å². The van der Waals surface area contributed by atoms with Gasteiger partial charge >= 0.3 is 0 Å². The average Bonchev–Trinajstić information content (AvgIpc) is 3.00. The quantitative estimate of drug-likeness (QED) is 0.816. The molecule has 0 atom stereocenters. The molecule has 0 fully saturated rings. The van der Waals surface area contributed by atoms with Crippen LogP contribution in [0.15, 0.2) is 26.8 Å². The molecule has 1 aliphatic heterocycles. The predicted octanol–water partition coefficient (Wildman–Crippen LogP) is 0.597. The molecule has 0 N–H and O–H groups in total. The number of rotatable bonds is 3. The molecule has 0 bridgehead atoms. The summed E-state index contributed by atoms with van der Waals surface area (Å²) in [5, 5.41) is 1.68. The van der Waals surface area contributed by atoms with Gasteiger partial charge in [-0.3, -0.25) is 4.79 Å². The number of methoxy groups -OCH3 is 1. The molecule has 1 aliphatic rings. The summed E-state index contributed by atoms with van der Waals surface area (Å²) in [6.07, 6.45) is 1.78. The second-order valence-corrected chi connectivity index (χ2v) is 8.00. The van der Waals surface area contributed by atoms with E-state index in [0.29, 0.717) is 23.4 Å². The second-order valence-electron chi connectivity index (χ2n) is 4.95. The number of hydrogen-bond donors (Lipinski definition) is 0. The van der Waals surface area contributed by atoms with Crippen molar-refractivity contribution in [3.63, 3.8) is 0 Å². The lowest BCUT2D eigenvalue weighted by molar-refractivity contribution is 0.374. The van der Waals surface area contributed by atoms with Crippen LogP contribution >= 0.6 is 11.3 Å². The Bertz CT molecular complexity index is 870. The molecule has 0 amide bonds. The highest BCUT2D eigenvalue weighted by atomic mass is 32.2. The van der Waals surface area contributed by atoms with Gasteiger partial charge in [-0.05, 0) is 17.9 Å². The maximum Gasteiger partial charge on any atom is 0.256 e. The number of thiophene rings is 1. The van der Waals surface area contributed by atoms with E-state index in [2.05, 4.69) is 4.98 Å². The van der Waals surface area contributed by atoms with Gasteiger partial charge in [0.2, 0.25) is 0 Å². The van der Waals surface area contributed by atoms with Crippen molar-refractivity contribution < 1.29 is 13.2 Å². The second kappa shape index (κ2) is 5.49. The average molecular weight is 341 g/mol. The summed E-state index contributed by atoms with van der Waals surface area (Å²) in [6, 6.07) is 1.63. The third kappa shape index (κ3) is 2.34. The van der Waals surface area contributed by atoms with Gasteiger partial charge in [0.25, 0.3) is 15.6 Å². The number of hydrogen-bond acceptors (Lipinski definition) is 6. The number of aryl methyl sites for hydroxylation is 1. The Hall–Kier alpha value is -1.71. The number of aromatic nitrogens is 2. The lowest BCUT2D eigenvalue weighted by atomic mass is 10.1. The number of sulfonamides is 1. The standard InChI is InChI=1S/C13H15N3O4S2/c1-15-8-14-10-7-16(5-3-9(10)12(15)17)22(18,19)13-11(20-2)4-6-21-13/h4,6,8H,3,5,7H2,1-2H3. The van der Waals surface area contributed by atoms with Gasteiger partial charge in [-0.15, -0.1) is 11.3 Å².